The third-order valence-electron chi connectivity index (χ3n) is 10.1. The highest BCUT2D eigenvalue weighted by atomic mass is 28.4. The molecule has 0 aliphatic heterocycles. The second-order valence-corrected chi connectivity index (χ2v) is 17.4. The predicted octanol–water partition coefficient (Wildman–Crippen LogP) is 6.93. The lowest BCUT2D eigenvalue weighted by atomic mass is 9.42. The van der Waals surface area contributed by atoms with E-state index in [-0.39, 0.29) is 22.0 Å². The molecule has 0 bridgehead atoms. The molecular formula is C26H42O2Si. The molecule has 3 heteroatoms. The van der Waals surface area contributed by atoms with Crippen LogP contribution >= 0.6 is 0 Å². The summed E-state index contributed by atoms with van der Waals surface area (Å²) in [4.78, 5) is 13.6. The normalized spacial score (nSPS) is 44.7. The number of rotatable bonds is 2. The highest BCUT2D eigenvalue weighted by Crippen LogP contribution is 2.69. The molecule has 0 aromatic carbocycles. The number of hydrogen-bond acceptors (Lipinski definition) is 2. The van der Waals surface area contributed by atoms with Crippen molar-refractivity contribution >= 4 is 14.1 Å². The van der Waals surface area contributed by atoms with Crippen molar-refractivity contribution in [3.63, 3.8) is 0 Å². The van der Waals surface area contributed by atoms with E-state index >= 15 is 0 Å². The number of Topliss-reactive ketones (excluding diaryl/α,β-unsaturated/α-hetero) is 1. The minimum atomic E-state index is -1.89. The topological polar surface area (TPSA) is 26.3 Å². The van der Waals surface area contributed by atoms with Gasteiger partial charge in [0.05, 0.1) is 0 Å². The summed E-state index contributed by atoms with van der Waals surface area (Å²) in [6.07, 6.45) is 9.03. The van der Waals surface area contributed by atoms with E-state index in [0.29, 0.717) is 35.9 Å². The van der Waals surface area contributed by atoms with Crippen molar-refractivity contribution in [3.8, 4) is 0 Å². The first kappa shape index (κ1) is 21.6. The minimum absolute atomic E-state index is 0.143. The Bertz CT molecular complexity index is 785. The molecule has 0 amide bonds. The van der Waals surface area contributed by atoms with E-state index in [4.69, 9.17) is 4.43 Å². The van der Waals surface area contributed by atoms with Gasteiger partial charge < -0.3 is 4.43 Å². The lowest BCUT2D eigenvalue weighted by Crippen LogP contribution is -2.63. The van der Waals surface area contributed by atoms with Crippen LogP contribution in [-0.2, 0) is 9.22 Å². The molecule has 0 heterocycles. The number of carbonyl (C=O) groups excluding carboxylic acids is 1. The maximum absolute atomic E-state index is 13.6. The Labute approximate surface area is 179 Å². The number of ketones is 1. The van der Waals surface area contributed by atoms with Crippen LogP contribution in [0.4, 0.5) is 0 Å². The SMILES string of the molecule is CC1=CC[C@@H]2[C@@H](C)C[C@H](O[Si](C)(C)C(C)(C)C)[C@@H]3CC(=O)[C@@]4(C)CC=C1[C@H]4[C@@]23C. The predicted molar refractivity (Wildman–Crippen MR) is 123 cm³/mol. The molecular weight excluding hydrogens is 372 g/mol. The van der Waals surface area contributed by atoms with Gasteiger partial charge in [-0.05, 0) is 73.1 Å². The van der Waals surface area contributed by atoms with Gasteiger partial charge in [-0.25, -0.2) is 0 Å². The first-order chi connectivity index (χ1) is 13.2. The van der Waals surface area contributed by atoms with E-state index in [1.807, 2.05) is 0 Å². The van der Waals surface area contributed by atoms with Gasteiger partial charge >= 0.3 is 0 Å². The molecule has 4 aliphatic rings. The summed E-state index contributed by atoms with van der Waals surface area (Å²) in [6, 6.07) is 0. The van der Waals surface area contributed by atoms with E-state index in [9.17, 15) is 4.79 Å². The molecule has 0 radical (unpaired) electrons. The van der Waals surface area contributed by atoms with Crippen LogP contribution in [0.1, 0.15) is 74.1 Å². The highest BCUT2D eigenvalue weighted by Gasteiger charge is 2.67. The van der Waals surface area contributed by atoms with Gasteiger partial charge in [0, 0.05) is 23.9 Å². The van der Waals surface area contributed by atoms with Crippen LogP contribution in [0, 0.1) is 34.5 Å². The molecule has 4 aliphatic carbocycles. The fraction of sp³-hybridized carbons (Fsp3) is 0.808. The van der Waals surface area contributed by atoms with Crippen LogP contribution in [0.3, 0.4) is 0 Å². The second-order valence-electron chi connectivity index (χ2n) is 12.7. The van der Waals surface area contributed by atoms with Crippen LogP contribution in [0.15, 0.2) is 23.3 Å². The number of allylic oxidation sites excluding steroid dienone is 4. The molecule has 2 nitrogen and oxygen atoms in total. The Morgan fingerprint density at radius 2 is 1.79 bits per heavy atom. The Kier molecular flexibility index (Phi) is 4.77. The summed E-state index contributed by atoms with van der Waals surface area (Å²) in [6.45, 7) is 21.3. The fourth-order valence-corrected chi connectivity index (χ4v) is 8.75. The Hall–Kier alpha value is -0.673. The van der Waals surface area contributed by atoms with Gasteiger partial charge in [0.25, 0.3) is 0 Å². The van der Waals surface area contributed by atoms with Gasteiger partial charge in [-0.2, -0.15) is 0 Å². The molecule has 0 N–H and O–H groups in total. The largest absolute Gasteiger partial charge is 0.414 e. The smallest absolute Gasteiger partial charge is 0.192 e. The van der Waals surface area contributed by atoms with Crippen LogP contribution in [-0.4, -0.2) is 20.2 Å². The third kappa shape index (κ3) is 2.86. The molecule has 4 rings (SSSR count). The quantitative estimate of drug-likeness (QED) is 0.458. The standard InChI is InChI=1S/C26H42O2Si/c1-16-10-11-19-17(2)14-21(28-29(8,9)24(3,4)5)20-15-22(27)25(6)13-12-18(16)23(25)26(19,20)7/h10,12,17,19-21,23H,11,13-15H2,1-9H3/t17-,19+,20-,21-,23+,25+,26-/m0/s1. The molecule has 0 aromatic heterocycles. The van der Waals surface area contributed by atoms with Gasteiger partial charge in [0.15, 0.2) is 8.32 Å². The van der Waals surface area contributed by atoms with Gasteiger partial charge in [0.2, 0.25) is 0 Å². The Morgan fingerprint density at radius 1 is 1.14 bits per heavy atom. The maximum atomic E-state index is 13.6. The van der Waals surface area contributed by atoms with Crippen LogP contribution in [0.5, 0.6) is 0 Å². The number of hydrogen-bond donors (Lipinski definition) is 0. The summed E-state index contributed by atoms with van der Waals surface area (Å²) >= 11 is 0. The van der Waals surface area contributed by atoms with E-state index in [2.05, 4.69) is 73.7 Å². The average molecular weight is 415 g/mol. The van der Waals surface area contributed by atoms with Crippen molar-refractivity contribution in [1.82, 2.24) is 0 Å². The zero-order chi connectivity index (χ0) is 21.6. The molecule has 29 heavy (non-hydrogen) atoms. The third-order valence-corrected chi connectivity index (χ3v) is 14.6. The van der Waals surface area contributed by atoms with Gasteiger partial charge in [0.1, 0.15) is 5.78 Å². The minimum Gasteiger partial charge on any atom is -0.414 e. The van der Waals surface area contributed by atoms with Crippen molar-refractivity contribution in [2.45, 2.75) is 98.4 Å². The highest BCUT2D eigenvalue weighted by molar-refractivity contribution is 6.74. The van der Waals surface area contributed by atoms with E-state index < -0.39 is 8.32 Å². The summed E-state index contributed by atoms with van der Waals surface area (Å²) < 4.78 is 7.10. The molecule has 2 saturated carbocycles. The zero-order valence-corrected chi connectivity index (χ0v) is 21.2. The van der Waals surface area contributed by atoms with Gasteiger partial charge in [-0.1, -0.05) is 59.3 Å². The molecule has 0 spiro atoms. The Morgan fingerprint density at radius 3 is 2.41 bits per heavy atom. The average Bonchev–Trinajstić information content (AvgIpc) is 2.90. The molecule has 0 saturated heterocycles. The van der Waals surface area contributed by atoms with Crippen molar-refractivity contribution < 1.29 is 9.22 Å². The monoisotopic (exact) mass is 414 g/mol. The fourth-order valence-electron chi connectivity index (χ4n) is 7.38. The van der Waals surface area contributed by atoms with E-state index in [1.54, 1.807) is 0 Å². The van der Waals surface area contributed by atoms with Crippen LogP contribution in [0.25, 0.3) is 0 Å². The maximum Gasteiger partial charge on any atom is 0.192 e. The van der Waals surface area contributed by atoms with E-state index in [0.717, 1.165) is 19.3 Å². The summed E-state index contributed by atoms with van der Waals surface area (Å²) in [5.41, 5.74) is 2.84. The second kappa shape index (κ2) is 6.42. The summed E-state index contributed by atoms with van der Waals surface area (Å²) in [5, 5.41) is 0.196. The zero-order valence-electron chi connectivity index (χ0n) is 20.2. The van der Waals surface area contributed by atoms with Crippen LogP contribution in [0.2, 0.25) is 18.1 Å². The van der Waals surface area contributed by atoms with Crippen molar-refractivity contribution in [1.29, 1.82) is 0 Å². The lowest BCUT2D eigenvalue weighted by Gasteiger charge is -2.63. The molecule has 0 aromatic rings. The molecule has 0 unspecified atom stereocenters. The first-order valence-electron chi connectivity index (χ1n) is 11.8. The molecule has 162 valence electrons. The number of carbonyl (C=O) groups is 1. The van der Waals surface area contributed by atoms with Crippen molar-refractivity contribution in [3.05, 3.63) is 23.3 Å². The molecule has 2 fully saturated rings. The summed E-state index contributed by atoms with van der Waals surface area (Å²) in [5.74, 6) is 2.47. The van der Waals surface area contributed by atoms with Crippen molar-refractivity contribution in [2.24, 2.45) is 34.5 Å². The Balaban J connectivity index is 1.81. The van der Waals surface area contributed by atoms with Crippen molar-refractivity contribution in [2.75, 3.05) is 0 Å². The van der Waals surface area contributed by atoms with E-state index in [1.165, 1.54) is 11.1 Å². The first-order valence-corrected chi connectivity index (χ1v) is 14.7. The van der Waals surface area contributed by atoms with Gasteiger partial charge in [-0.15, -0.1) is 0 Å². The molecule has 7 atom stereocenters. The van der Waals surface area contributed by atoms with Crippen LogP contribution < -0.4 is 0 Å². The lowest BCUT2D eigenvalue weighted by molar-refractivity contribution is -0.171. The van der Waals surface area contributed by atoms with Gasteiger partial charge in [-0.3, -0.25) is 4.79 Å². The summed E-state index contributed by atoms with van der Waals surface area (Å²) in [7, 11) is -1.89.